The molecule has 4 heteroatoms. The van der Waals surface area contributed by atoms with Crippen molar-refractivity contribution in [2.45, 2.75) is 13.0 Å². The van der Waals surface area contributed by atoms with Gasteiger partial charge in [-0.1, -0.05) is 13.0 Å². The fourth-order valence-electron chi connectivity index (χ4n) is 1.15. The zero-order valence-corrected chi connectivity index (χ0v) is 6.90. The normalized spacial score (nSPS) is 27.4. The molecule has 0 saturated carbocycles. The molecule has 66 valence electrons. The molecule has 2 atom stereocenters. The predicted octanol–water partition coefficient (Wildman–Crippen LogP) is 0.263. The zero-order chi connectivity index (χ0) is 8.97. The average Bonchev–Trinajstić information content (AvgIpc) is 2.05. The highest BCUT2D eigenvalue weighted by Crippen LogP contribution is 2.08. The van der Waals surface area contributed by atoms with Crippen LogP contribution in [0.15, 0.2) is 17.3 Å². The molecule has 0 saturated heterocycles. The van der Waals surface area contributed by atoms with Crippen LogP contribution in [0.1, 0.15) is 6.92 Å². The van der Waals surface area contributed by atoms with Crippen molar-refractivity contribution in [1.82, 2.24) is 5.32 Å². The fraction of sp³-hybridized carbons (Fsp3) is 0.500. The number of rotatable bonds is 3. The molecule has 0 bridgehead atoms. The van der Waals surface area contributed by atoms with Gasteiger partial charge in [-0.2, -0.15) is 0 Å². The molecule has 0 aliphatic carbocycles. The van der Waals surface area contributed by atoms with Crippen molar-refractivity contribution in [3.8, 4) is 0 Å². The molecule has 1 heterocycles. The molecule has 0 aromatic rings. The summed E-state index contributed by atoms with van der Waals surface area (Å²) in [7, 11) is 0. The molecule has 1 aliphatic rings. The summed E-state index contributed by atoms with van der Waals surface area (Å²) in [4.78, 5) is 14.6. The van der Waals surface area contributed by atoms with E-state index in [0.29, 0.717) is 0 Å². The third kappa shape index (κ3) is 1.92. The number of carbonyl (C=O) groups is 1. The van der Waals surface area contributed by atoms with Gasteiger partial charge in [0.15, 0.2) is 0 Å². The lowest BCUT2D eigenvalue weighted by Gasteiger charge is -2.19. The van der Waals surface area contributed by atoms with Crippen LogP contribution < -0.4 is 5.32 Å². The number of hydrogen-bond acceptors (Lipinski definition) is 3. The van der Waals surface area contributed by atoms with Crippen molar-refractivity contribution in [1.29, 1.82) is 0 Å². The quantitative estimate of drug-likeness (QED) is 0.635. The molecule has 0 radical (unpaired) electrons. The van der Waals surface area contributed by atoms with Gasteiger partial charge in [0.05, 0.1) is 12.0 Å². The first-order valence-corrected chi connectivity index (χ1v) is 3.92. The molecular formula is C8H12N2O2. The summed E-state index contributed by atoms with van der Waals surface area (Å²) < 4.78 is 0. The second-order valence-electron chi connectivity index (χ2n) is 2.59. The van der Waals surface area contributed by atoms with Gasteiger partial charge in [0, 0.05) is 12.4 Å². The molecule has 4 nitrogen and oxygen atoms in total. The first-order valence-electron chi connectivity index (χ1n) is 3.92. The van der Waals surface area contributed by atoms with Gasteiger partial charge < -0.3 is 10.4 Å². The minimum atomic E-state index is -0.816. The second kappa shape index (κ2) is 4.01. The summed E-state index contributed by atoms with van der Waals surface area (Å²) in [6.45, 7) is 2.68. The van der Waals surface area contributed by atoms with Crippen LogP contribution >= 0.6 is 0 Å². The van der Waals surface area contributed by atoms with Gasteiger partial charge in [-0.3, -0.25) is 9.79 Å². The number of carboxylic acids is 1. The van der Waals surface area contributed by atoms with E-state index in [0.717, 1.165) is 6.54 Å². The Morgan fingerprint density at radius 1 is 1.75 bits per heavy atom. The van der Waals surface area contributed by atoms with Crippen molar-refractivity contribution in [3.05, 3.63) is 12.3 Å². The third-order valence-corrected chi connectivity index (χ3v) is 1.74. The monoisotopic (exact) mass is 168 g/mol. The lowest BCUT2D eigenvalue weighted by Crippen LogP contribution is -2.41. The molecule has 0 amide bonds. The Kier molecular flexibility index (Phi) is 2.99. The predicted molar refractivity (Wildman–Crippen MR) is 46.2 cm³/mol. The van der Waals surface area contributed by atoms with E-state index in [1.165, 1.54) is 6.20 Å². The molecule has 2 unspecified atom stereocenters. The fourth-order valence-corrected chi connectivity index (χ4v) is 1.15. The van der Waals surface area contributed by atoms with Crippen LogP contribution in [0.5, 0.6) is 0 Å². The average molecular weight is 168 g/mol. The summed E-state index contributed by atoms with van der Waals surface area (Å²) >= 11 is 0. The van der Waals surface area contributed by atoms with Crippen LogP contribution in [0.25, 0.3) is 0 Å². The largest absolute Gasteiger partial charge is 0.481 e. The number of hydrogen-bond donors (Lipinski definition) is 2. The van der Waals surface area contributed by atoms with Crippen LogP contribution in [-0.4, -0.2) is 29.9 Å². The number of nitrogens with one attached hydrogen (secondary N) is 1. The zero-order valence-electron chi connectivity index (χ0n) is 6.90. The molecule has 1 aliphatic heterocycles. The van der Waals surface area contributed by atoms with E-state index >= 15 is 0 Å². The van der Waals surface area contributed by atoms with Gasteiger partial charge in [-0.25, -0.2) is 0 Å². The van der Waals surface area contributed by atoms with Crippen molar-refractivity contribution in [3.63, 3.8) is 0 Å². The van der Waals surface area contributed by atoms with Crippen molar-refractivity contribution < 1.29 is 9.90 Å². The van der Waals surface area contributed by atoms with Gasteiger partial charge in [0.25, 0.3) is 0 Å². The number of carboxylic acid groups (broad SMARTS) is 1. The topological polar surface area (TPSA) is 61.7 Å². The van der Waals surface area contributed by atoms with Gasteiger partial charge >= 0.3 is 5.97 Å². The van der Waals surface area contributed by atoms with Crippen LogP contribution in [0.2, 0.25) is 0 Å². The van der Waals surface area contributed by atoms with E-state index in [4.69, 9.17) is 5.11 Å². The van der Waals surface area contributed by atoms with Gasteiger partial charge in [-0.15, -0.1) is 0 Å². The maximum absolute atomic E-state index is 10.7. The smallest absolute Gasteiger partial charge is 0.312 e. The van der Waals surface area contributed by atoms with Crippen LogP contribution in [0.3, 0.4) is 0 Å². The maximum Gasteiger partial charge on any atom is 0.312 e. The number of aliphatic imine (C=N–C) groups is 1. The van der Waals surface area contributed by atoms with Crippen LogP contribution in [-0.2, 0) is 4.79 Å². The molecule has 0 fully saturated rings. The van der Waals surface area contributed by atoms with E-state index in [9.17, 15) is 4.79 Å². The first kappa shape index (κ1) is 8.93. The number of aliphatic carboxylic acids is 1. The molecule has 0 spiro atoms. The van der Waals surface area contributed by atoms with Crippen LogP contribution in [0.4, 0.5) is 0 Å². The minimum Gasteiger partial charge on any atom is -0.481 e. The van der Waals surface area contributed by atoms with Crippen LogP contribution in [0, 0.1) is 5.92 Å². The Bertz CT molecular complexity index is 223. The van der Waals surface area contributed by atoms with Crippen molar-refractivity contribution >= 4 is 12.2 Å². The van der Waals surface area contributed by atoms with Crippen molar-refractivity contribution in [2.75, 3.05) is 6.54 Å². The standard InChI is InChI=1S/C8H12N2O2/c1-2-10-7-5-9-4-3-6(7)8(11)12/h3-7,10H,2H2,1H3,(H,11,12). The Hall–Kier alpha value is -1.16. The molecule has 1 rings (SSSR count). The number of nitrogens with zero attached hydrogens (tertiary/aromatic N) is 1. The molecule has 0 aromatic heterocycles. The maximum atomic E-state index is 10.7. The van der Waals surface area contributed by atoms with Gasteiger partial charge in [0.2, 0.25) is 0 Å². The summed E-state index contributed by atoms with van der Waals surface area (Å²) in [6.07, 6.45) is 4.74. The Morgan fingerprint density at radius 3 is 3.08 bits per heavy atom. The van der Waals surface area contributed by atoms with E-state index in [2.05, 4.69) is 10.3 Å². The molecule has 2 N–H and O–H groups in total. The van der Waals surface area contributed by atoms with E-state index < -0.39 is 11.9 Å². The Morgan fingerprint density at radius 2 is 2.50 bits per heavy atom. The summed E-state index contributed by atoms with van der Waals surface area (Å²) in [5.41, 5.74) is 0. The highest BCUT2D eigenvalue weighted by atomic mass is 16.4. The van der Waals surface area contributed by atoms with E-state index in [1.54, 1.807) is 12.3 Å². The molecule has 0 aromatic carbocycles. The highest BCUT2D eigenvalue weighted by Gasteiger charge is 2.24. The summed E-state index contributed by atoms with van der Waals surface area (Å²) in [6, 6.07) is -0.169. The second-order valence-corrected chi connectivity index (χ2v) is 2.59. The lowest BCUT2D eigenvalue weighted by atomic mass is 9.99. The summed E-state index contributed by atoms with van der Waals surface area (Å²) in [5.74, 6) is -1.30. The van der Waals surface area contributed by atoms with E-state index in [-0.39, 0.29) is 6.04 Å². The SMILES string of the molecule is CCNC1C=NC=CC1C(=O)O. The first-order chi connectivity index (χ1) is 5.75. The minimum absolute atomic E-state index is 0.169. The molecular weight excluding hydrogens is 156 g/mol. The Labute approximate surface area is 71.0 Å². The Balaban J connectivity index is 2.64. The summed E-state index contributed by atoms with van der Waals surface area (Å²) in [5, 5.41) is 11.8. The van der Waals surface area contributed by atoms with E-state index in [1.807, 2.05) is 6.92 Å². The van der Waals surface area contributed by atoms with Gasteiger partial charge in [0.1, 0.15) is 0 Å². The highest BCUT2D eigenvalue weighted by molar-refractivity contribution is 5.81. The van der Waals surface area contributed by atoms with Crippen molar-refractivity contribution in [2.24, 2.45) is 10.9 Å². The third-order valence-electron chi connectivity index (χ3n) is 1.74. The van der Waals surface area contributed by atoms with Gasteiger partial charge in [-0.05, 0) is 6.54 Å². The molecule has 12 heavy (non-hydrogen) atoms. The lowest BCUT2D eigenvalue weighted by molar-refractivity contribution is -0.140.